The summed E-state index contributed by atoms with van der Waals surface area (Å²) in [4.78, 5) is 49.6. The van der Waals surface area contributed by atoms with Crippen LogP contribution in [0.4, 0.5) is 5.13 Å². The van der Waals surface area contributed by atoms with E-state index in [1.165, 1.54) is 16.7 Å². The Labute approximate surface area is 216 Å². The number of carboxylic acids is 1. The Morgan fingerprint density at radius 1 is 1.44 bits per heavy atom. The number of aromatic nitrogens is 5. The monoisotopic (exact) mass is 554 g/mol. The second-order valence-corrected chi connectivity index (χ2v) is 10.4. The first kappa shape index (κ1) is 25.7. The van der Waals surface area contributed by atoms with Gasteiger partial charge in [-0.2, -0.15) is 0 Å². The van der Waals surface area contributed by atoms with E-state index in [1.807, 2.05) is 6.92 Å². The Morgan fingerprint density at radius 3 is 2.89 bits per heavy atom. The highest BCUT2D eigenvalue weighted by Gasteiger charge is 2.54. The molecule has 0 unspecified atom stereocenters. The topological polar surface area (TPSA) is 217 Å². The summed E-state index contributed by atoms with van der Waals surface area (Å²) in [6.45, 7) is 2.30. The SMILES string of the molecule is CCCCO/N=C(\C(=O)N[C@@H]1C(=O)N2C(C(=O)O)=C(CSc3nnnn3N)CS[C@@H]12)c1csc(N)n1. The number of nitrogens with two attached hydrogens (primary N) is 2. The molecule has 4 rings (SSSR count). The molecule has 2 aromatic rings. The Morgan fingerprint density at radius 2 is 2.25 bits per heavy atom. The molecule has 1 saturated heterocycles. The lowest BCUT2D eigenvalue weighted by Crippen LogP contribution is -2.71. The number of fused-ring (bicyclic) bond motifs is 1. The number of carbonyl (C=O) groups excluding carboxylic acids is 2. The van der Waals surface area contributed by atoms with Gasteiger partial charge in [0, 0.05) is 16.9 Å². The van der Waals surface area contributed by atoms with E-state index in [0.717, 1.165) is 40.7 Å². The van der Waals surface area contributed by atoms with Crippen molar-refractivity contribution in [2.75, 3.05) is 29.7 Å². The van der Waals surface area contributed by atoms with Crippen LogP contribution in [0.1, 0.15) is 25.5 Å². The average Bonchev–Trinajstić information content (AvgIpc) is 3.47. The molecule has 1 fully saturated rings. The van der Waals surface area contributed by atoms with Crippen LogP contribution < -0.4 is 16.9 Å². The Kier molecular flexibility index (Phi) is 7.94. The smallest absolute Gasteiger partial charge is 0.352 e. The van der Waals surface area contributed by atoms with Crippen molar-refractivity contribution in [3.8, 4) is 0 Å². The fraction of sp³-hybridized carbons (Fsp3) is 0.444. The number of thiazole rings is 1. The minimum absolute atomic E-state index is 0.114. The van der Waals surface area contributed by atoms with Crippen LogP contribution in [0, 0.1) is 0 Å². The summed E-state index contributed by atoms with van der Waals surface area (Å²) in [6, 6.07) is -0.945. The van der Waals surface area contributed by atoms with Crippen LogP contribution in [0.15, 0.2) is 27.0 Å². The van der Waals surface area contributed by atoms with Gasteiger partial charge in [-0.1, -0.05) is 35.4 Å². The van der Waals surface area contributed by atoms with Gasteiger partial charge in [0.15, 0.2) is 10.8 Å². The van der Waals surface area contributed by atoms with Crippen molar-refractivity contribution >= 4 is 63.5 Å². The molecule has 0 aromatic carbocycles. The second-order valence-electron chi connectivity index (χ2n) is 7.51. The van der Waals surface area contributed by atoms with Crippen molar-refractivity contribution in [2.45, 2.75) is 36.3 Å². The molecule has 0 bridgehead atoms. The number of hydrogen-bond acceptors (Lipinski definition) is 14. The number of carbonyl (C=O) groups is 3. The number of unbranched alkanes of at least 4 members (excludes halogenated alkanes) is 1. The zero-order valence-electron chi connectivity index (χ0n) is 18.9. The quantitative estimate of drug-likeness (QED) is 0.0687. The number of rotatable bonds is 11. The predicted molar refractivity (Wildman–Crippen MR) is 132 cm³/mol. The highest BCUT2D eigenvalue weighted by Crippen LogP contribution is 2.41. The first-order chi connectivity index (χ1) is 17.3. The van der Waals surface area contributed by atoms with Crippen LogP contribution >= 0.6 is 34.9 Å². The normalized spacial score (nSPS) is 19.6. The fourth-order valence-electron chi connectivity index (χ4n) is 3.36. The molecule has 0 spiro atoms. The highest BCUT2D eigenvalue weighted by atomic mass is 32.2. The highest BCUT2D eigenvalue weighted by molar-refractivity contribution is 8.01. The Bertz CT molecular complexity index is 1230. The van der Waals surface area contributed by atoms with E-state index in [0.29, 0.717) is 23.1 Å². The molecular weight excluding hydrogens is 532 g/mol. The van der Waals surface area contributed by atoms with Gasteiger partial charge < -0.3 is 26.8 Å². The summed E-state index contributed by atoms with van der Waals surface area (Å²) in [7, 11) is 0. The molecule has 6 N–H and O–H groups in total. The summed E-state index contributed by atoms with van der Waals surface area (Å²) in [5.41, 5.74) is 6.19. The summed E-state index contributed by atoms with van der Waals surface area (Å²) in [5, 5.41) is 28.6. The van der Waals surface area contributed by atoms with Gasteiger partial charge in [0.25, 0.3) is 11.8 Å². The molecule has 15 nitrogen and oxygen atoms in total. The van der Waals surface area contributed by atoms with E-state index in [-0.39, 0.29) is 28.0 Å². The first-order valence-corrected chi connectivity index (χ1v) is 13.5. The van der Waals surface area contributed by atoms with Crippen molar-refractivity contribution in [3.05, 3.63) is 22.3 Å². The summed E-state index contributed by atoms with van der Waals surface area (Å²) in [6.07, 6.45) is 1.63. The Hall–Kier alpha value is -3.38. The molecule has 2 aromatic heterocycles. The van der Waals surface area contributed by atoms with Crippen molar-refractivity contribution in [1.82, 2.24) is 35.5 Å². The number of nitrogens with one attached hydrogen (secondary N) is 1. The lowest BCUT2D eigenvalue weighted by atomic mass is 10.0. The maximum atomic E-state index is 13.0. The molecule has 36 heavy (non-hydrogen) atoms. The van der Waals surface area contributed by atoms with E-state index in [1.54, 1.807) is 5.38 Å². The van der Waals surface area contributed by atoms with Crippen LogP contribution in [0.2, 0.25) is 0 Å². The lowest BCUT2D eigenvalue weighted by molar-refractivity contribution is -0.150. The van der Waals surface area contributed by atoms with Crippen LogP contribution in [0.5, 0.6) is 0 Å². The molecule has 4 heterocycles. The van der Waals surface area contributed by atoms with Crippen LogP contribution in [-0.2, 0) is 19.2 Å². The zero-order chi connectivity index (χ0) is 25.8. The molecule has 2 amide bonds. The third kappa shape index (κ3) is 5.24. The van der Waals surface area contributed by atoms with Crippen molar-refractivity contribution in [2.24, 2.45) is 5.16 Å². The number of carboxylic acid groups (broad SMARTS) is 1. The zero-order valence-corrected chi connectivity index (χ0v) is 21.3. The molecule has 2 aliphatic rings. The average molecular weight is 555 g/mol. The summed E-state index contributed by atoms with van der Waals surface area (Å²) in [5.74, 6) is 3.68. The predicted octanol–water partition coefficient (Wildman–Crippen LogP) is -0.523. The standard InChI is InChI=1S/C18H22N10O5S3/c1-2-3-4-33-24-10(9-7-35-17(19)21-9)13(29)22-11-14(30)27-12(16(31)32)8(5-34-15(11)27)6-36-18-23-25-26-28(18)20/h7,11,15H,2-6,20H2,1H3,(H2,19,21)(H,22,29)(H,31,32)/b24-10-/t11-,15+/m1/s1. The molecule has 18 heteroatoms. The van der Waals surface area contributed by atoms with E-state index in [9.17, 15) is 19.5 Å². The third-order valence-corrected chi connectivity index (χ3v) is 8.13. The molecule has 0 radical (unpaired) electrons. The lowest BCUT2D eigenvalue weighted by Gasteiger charge is -2.49. The van der Waals surface area contributed by atoms with Crippen LogP contribution in [0.25, 0.3) is 0 Å². The molecule has 192 valence electrons. The summed E-state index contributed by atoms with van der Waals surface area (Å²) < 4.78 is 0. The number of anilines is 1. The van der Waals surface area contributed by atoms with Crippen LogP contribution in [0.3, 0.4) is 0 Å². The fourth-order valence-corrected chi connectivity index (χ4v) is 6.18. The number of aliphatic carboxylic acids is 1. The number of nitrogens with zero attached hydrogens (tertiary/aromatic N) is 7. The molecule has 0 saturated carbocycles. The molecule has 2 atom stereocenters. The minimum atomic E-state index is -1.24. The molecule has 2 aliphatic heterocycles. The number of tetrazole rings is 1. The van der Waals surface area contributed by atoms with Crippen molar-refractivity contribution in [3.63, 3.8) is 0 Å². The van der Waals surface area contributed by atoms with E-state index >= 15 is 0 Å². The van der Waals surface area contributed by atoms with Crippen molar-refractivity contribution < 1.29 is 24.3 Å². The van der Waals surface area contributed by atoms with Gasteiger partial charge in [0.05, 0.1) is 0 Å². The maximum absolute atomic E-state index is 13.0. The third-order valence-electron chi connectivity index (χ3n) is 5.10. The minimum Gasteiger partial charge on any atom is -0.477 e. The van der Waals surface area contributed by atoms with E-state index in [2.05, 4.69) is 31.0 Å². The first-order valence-electron chi connectivity index (χ1n) is 10.6. The number of β-lactam (4-membered cyclic amide) rings is 1. The second kappa shape index (κ2) is 11.1. The maximum Gasteiger partial charge on any atom is 0.352 e. The molecule has 0 aliphatic carbocycles. The number of oxime groups is 1. The van der Waals surface area contributed by atoms with Gasteiger partial charge >= 0.3 is 5.97 Å². The van der Waals surface area contributed by atoms with Gasteiger partial charge in [-0.05, 0) is 22.4 Å². The number of nitrogen functional groups attached to an aromatic ring is 2. The van der Waals surface area contributed by atoms with Crippen LogP contribution in [-0.4, -0.2) is 88.3 Å². The Balaban J connectivity index is 1.48. The number of amides is 2. The largest absolute Gasteiger partial charge is 0.477 e. The summed E-state index contributed by atoms with van der Waals surface area (Å²) >= 11 is 3.62. The number of thioether (sulfide) groups is 2. The van der Waals surface area contributed by atoms with Gasteiger partial charge in [-0.25, -0.2) is 9.78 Å². The van der Waals surface area contributed by atoms with E-state index < -0.39 is 29.2 Å². The molecular formula is C18H22N10O5S3. The van der Waals surface area contributed by atoms with Gasteiger partial charge in [-0.15, -0.1) is 27.9 Å². The van der Waals surface area contributed by atoms with Gasteiger partial charge in [0.1, 0.15) is 29.4 Å². The van der Waals surface area contributed by atoms with Gasteiger partial charge in [0.2, 0.25) is 5.16 Å². The van der Waals surface area contributed by atoms with E-state index in [4.69, 9.17) is 16.4 Å². The van der Waals surface area contributed by atoms with Crippen molar-refractivity contribution in [1.29, 1.82) is 0 Å². The number of hydrogen-bond donors (Lipinski definition) is 4. The van der Waals surface area contributed by atoms with Gasteiger partial charge in [-0.3, -0.25) is 14.5 Å².